The third-order valence-corrected chi connectivity index (χ3v) is 2.79. The summed E-state index contributed by atoms with van der Waals surface area (Å²) >= 11 is 0. The lowest BCUT2D eigenvalue weighted by Gasteiger charge is -2.13. The zero-order chi connectivity index (χ0) is 13.1. The summed E-state index contributed by atoms with van der Waals surface area (Å²) in [7, 11) is 0. The fourth-order valence-electron chi connectivity index (χ4n) is 1.86. The van der Waals surface area contributed by atoms with Crippen molar-refractivity contribution in [3.8, 4) is 0 Å². The number of nitrogens with one attached hydrogen (secondary N) is 1. The van der Waals surface area contributed by atoms with Crippen molar-refractivity contribution in [2.24, 2.45) is 0 Å². The quantitative estimate of drug-likeness (QED) is 0.759. The van der Waals surface area contributed by atoms with Crippen molar-refractivity contribution in [3.63, 3.8) is 0 Å². The van der Waals surface area contributed by atoms with Crippen molar-refractivity contribution in [1.82, 2.24) is 10.2 Å². The lowest BCUT2D eigenvalue weighted by Crippen LogP contribution is -2.33. The number of carboxylic acid groups (broad SMARTS) is 1. The normalized spacial score (nSPS) is 14.8. The number of amides is 3. The zero-order valence-corrected chi connectivity index (χ0v) is 9.55. The van der Waals surface area contributed by atoms with Crippen LogP contribution in [0.15, 0.2) is 24.3 Å². The second-order valence-corrected chi connectivity index (χ2v) is 3.92. The average Bonchev–Trinajstić information content (AvgIpc) is 2.67. The average molecular weight is 248 g/mol. The van der Waals surface area contributed by atoms with Gasteiger partial charge < -0.3 is 10.4 Å². The van der Waals surface area contributed by atoms with Crippen LogP contribution < -0.4 is 5.32 Å². The predicted octanol–water partition coefficient (Wildman–Crippen LogP) is 0.479. The second-order valence-electron chi connectivity index (χ2n) is 3.92. The van der Waals surface area contributed by atoms with Crippen LogP contribution in [-0.2, 0) is 11.2 Å². The minimum absolute atomic E-state index is 0.0133. The van der Waals surface area contributed by atoms with Crippen molar-refractivity contribution in [3.05, 3.63) is 35.4 Å². The van der Waals surface area contributed by atoms with E-state index < -0.39 is 12.0 Å². The highest BCUT2D eigenvalue weighted by Gasteiger charge is 2.28. The predicted molar refractivity (Wildman–Crippen MR) is 62.2 cm³/mol. The second kappa shape index (κ2) is 4.87. The molecule has 1 aromatic rings. The first-order valence-corrected chi connectivity index (χ1v) is 5.49. The van der Waals surface area contributed by atoms with Crippen molar-refractivity contribution >= 4 is 17.9 Å². The van der Waals surface area contributed by atoms with Gasteiger partial charge in [0, 0.05) is 6.54 Å². The van der Waals surface area contributed by atoms with Gasteiger partial charge in [0.1, 0.15) is 0 Å². The molecule has 18 heavy (non-hydrogen) atoms. The summed E-state index contributed by atoms with van der Waals surface area (Å²) in [6.45, 7) is 0.203. The number of carboxylic acids is 1. The number of hydrogen-bond acceptors (Lipinski definition) is 3. The molecule has 6 heteroatoms. The molecule has 1 fully saturated rings. The molecule has 0 aromatic heterocycles. The van der Waals surface area contributed by atoms with E-state index in [1.165, 1.54) is 6.07 Å². The molecule has 1 heterocycles. The van der Waals surface area contributed by atoms with Crippen LogP contribution in [-0.4, -0.2) is 41.0 Å². The molecule has 2 rings (SSSR count). The molecule has 6 nitrogen and oxygen atoms in total. The van der Waals surface area contributed by atoms with E-state index in [9.17, 15) is 14.4 Å². The van der Waals surface area contributed by atoms with E-state index >= 15 is 0 Å². The molecule has 1 aromatic carbocycles. The third-order valence-electron chi connectivity index (χ3n) is 2.79. The molecule has 1 saturated heterocycles. The summed E-state index contributed by atoms with van der Waals surface area (Å²) in [4.78, 5) is 34.7. The molecule has 1 aliphatic rings. The van der Waals surface area contributed by atoms with E-state index in [0.717, 1.165) is 4.90 Å². The van der Waals surface area contributed by atoms with Gasteiger partial charge >= 0.3 is 12.0 Å². The monoisotopic (exact) mass is 248 g/mol. The highest BCUT2D eigenvalue weighted by atomic mass is 16.4. The zero-order valence-electron chi connectivity index (χ0n) is 9.55. The molecule has 0 bridgehead atoms. The van der Waals surface area contributed by atoms with Gasteiger partial charge in [-0.05, 0) is 18.1 Å². The number of hydrogen-bond donors (Lipinski definition) is 2. The number of aromatic carboxylic acids is 1. The van der Waals surface area contributed by atoms with Gasteiger partial charge in [-0.25, -0.2) is 9.59 Å². The molecule has 3 amide bonds. The number of rotatable bonds is 4. The van der Waals surface area contributed by atoms with Crippen molar-refractivity contribution in [1.29, 1.82) is 0 Å². The number of nitrogens with zero attached hydrogens (tertiary/aromatic N) is 1. The fraction of sp³-hybridized carbons (Fsp3) is 0.250. The first-order valence-electron chi connectivity index (χ1n) is 5.49. The molecule has 1 aliphatic heterocycles. The molecule has 0 aliphatic carbocycles. The highest BCUT2D eigenvalue weighted by molar-refractivity contribution is 6.02. The Bertz CT molecular complexity index is 497. The van der Waals surface area contributed by atoms with Gasteiger partial charge in [-0.2, -0.15) is 0 Å². The van der Waals surface area contributed by atoms with Crippen LogP contribution in [0, 0.1) is 0 Å². The van der Waals surface area contributed by atoms with Crippen LogP contribution in [0.5, 0.6) is 0 Å². The largest absolute Gasteiger partial charge is 0.478 e. The Morgan fingerprint density at radius 2 is 2.06 bits per heavy atom. The van der Waals surface area contributed by atoms with Crippen LogP contribution >= 0.6 is 0 Å². The molecule has 94 valence electrons. The highest BCUT2D eigenvalue weighted by Crippen LogP contribution is 2.11. The lowest BCUT2D eigenvalue weighted by atomic mass is 10.0. The van der Waals surface area contributed by atoms with Crippen LogP contribution in [0.3, 0.4) is 0 Å². The van der Waals surface area contributed by atoms with Gasteiger partial charge in [-0.3, -0.25) is 9.69 Å². The van der Waals surface area contributed by atoms with E-state index in [1.54, 1.807) is 18.2 Å². The SMILES string of the molecule is O=C(O)c1ccccc1CCN1C(=O)CNC1=O. The topological polar surface area (TPSA) is 86.7 Å². The van der Waals surface area contributed by atoms with E-state index in [4.69, 9.17) is 5.11 Å². The maximum absolute atomic E-state index is 11.4. The van der Waals surface area contributed by atoms with Crippen LogP contribution in [0.1, 0.15) is 15.9 Å². The number of benzene rings is 1. The van der Waals surface area contributed by atoms with Crippen LogP contribution in [0.4, 0.5) is 4.79 Å². The standard InChI is InChI=1S/C12H12N2O4/c15-10-7-13-12(18)14(10)6-5-8-3-1-2-4-9(8)11(16)17/h1-4H,5-7H2,(H,13,18)(H,16,17). The van der Waals surface area contributed by atoms with E-state index in [-0.39, 0.29) is 24.6 Å². The first-order chi connectivity index (χ1) is 8.59. The maximum atomic E-state index is 11.4. The summed E-state index contributed by atoms with van der Waals surface area (Å²) in [5.74, 6) is -1.30. The molecular formula is C12H12N2O4. The maximum Gasteiger partial charge on any atom is 0.335 e. The molecule has 0 radical (unpaired) electrons. The summed E-state index contributed by atoms with van der Waals surface area (Å²) in [5.41, 5.74) is 0.807. The number of imide groups is 1. The molecule has 2 N–H and O–H groups in total. The third kappa shape index (κ3) is 2.32. The van der Waals surface area contributed by atoms with Gasteiger partial charge in [0.05, 0.1) is 12.1 Å². The number of carbonyl (C=O) groups excluding carboxylic acids is 2. The molecule has 0 atom stereocenters. The Morgan fingerprint density at radius 1 is 1.33 bits per heavy atom. The molecule has 0 unspecified atom stereocenters. The summed E-state index contributed by atoms with van der Waals surface area (Å²) in [5, 5.41) is 11.4. The van der Waals surface area contributed by atoms with Gasteiger partial charge in [0.2, 0.25) is 5.91 Å². The molecule has 0 saturated carbocycles. The summed E-state index contributed by atoms with van der Waals surface area (Å²) in [6, 6.07) is 6.13. The van der Waals surface area contributed by atoms with Crippen LogP contribution in [0.2, 0.25) is 0 Å². The smallest absolute Gasteiger partial charge is 0.335 e. The molecular weight excluding hydrogens is 236 g/mol. The van der Waals surface area contributed by atoms with E-state index in [1.807, 2.05) is 0 Å². The fourth-order valence-corrected chi connectivity index (χ4v) is 1.86. The minimum atomic E-state index is -1.01. The van der Waals surface area contributed by atoms with Gasteiger partial charge in [-0.15, -0.1) is 0 Å². The minimum Gasteiger partial charge on any atom is -0.478 e. The van der Waals surface area contributed by atoms with Crippen molar-refractivity contribution in [2.45, 2.75) is 6.42 Å². The molecule has 0 spiro atoms. The van der Waals surface area contributed by atoms with Crippen molar-refractivity contribution in [2.75, 3.05) is 13.1 Å². The van der Waals surface area contributed by atoms with Crippen molar-refractivity contribution < 1.29 is 19.5 Å². The van der Waals surface area contributed by atoms with Crippen LogP contribution in [0.25, 0.3) is 0 Å². The van der Waals surface area contributed by atoms with Gasteiger partial charge in [0.15, 0.2) is 0 Å². The van der Waals surface area contributed by atoms with E-state index in [0.29, 0.717) is 12.0 Å². The summed E-state index contributed by atoms with van der Waals surface area (Å²) in [6.07, 6.45) is 0.335. The Hall–Kier alpha value is -2.37. The van der Waals surface area contributed by atoms with Gasteiger partial charge in [-0.1, -0.05) is 18.2 Å². The lowest BCUT2D eigenvalue weighted by molar-refractivity contribution is -0.124. The Kier molecular flexibility index (Phi) is 3.27. The van der Waals surface area contributed by atoms with Gasteiger partial charge in [0.25, 0.3) is 0 Å². The summed E-state index contributed by atoms with van der Waals surface area (Å²) < 4.78 is 0. The Balaban J connectivity index is 2.09. The van der Waals surface area contributed by atoms with E-state index in [2.05, 4.69) is 5.32 Å². The Morgan fingerprint density at radius 3 is 2.67 bits per heavy atom. The number of carbonyl (C=O) groups is 3. The number of urea groups is 1. The Labute approximate surface area is 103 Å². The first kappa shape index (κ1) is 12.1.